The summed E-state index contributed by atoms with van der Waals surface area (Å²) in [6.45, 7) is 3.09. The highest BCUT2D eigenvalue weighted by molar-refractivity contribution is 6.17. The Bertz CT molecular complexity index is 235. The van der Waals surface area contributed by atoms with Gasteiger partial charge in [-0.1, -0.05) is 0 Å². The first-order valence-corrected chi connectivity index (χ1v) is 6.02. The molecule has 3 nitrogen and oxygen atoms in total. The lowest BCUT2D eigenvalue weighted by Gasteiger charge is -2.30. The summed E-state index contributed by atoms with van der Waals surface area (Å²) in [5, 5.41) is 0. The summed E-state index contributed by atoms with van der Waals surface area (Å²) in [5.41, 5.74) is 0. The van der Waals surface area contributed by atoms with Gasteiger partial charge in [-0.3, -0.25) is 9.59 Å². The van der Waals surface area contributed by atoms with Crippen molar-refractivity contribution in [2.75, 3.05) is 19.0 Å². The van der Waals surface area contributed by atoms with Crippen LogP contribution in [0.5, 0.6) is 0 Å². The SMILES string of the molecule is CC(=O)C1CCN(C(=O)CCCCl)CC1. The molecule has 0 saturated carbocycles. The molecule has 0 spiro atoms. The molecule has 1 rings (SSSR count). The van der Waals surface area contributed by atoms with Gasteiger partial charge in [0.1, 0.15) is 5.78 Å². The summed E-state index contributed by atoms with van der Waals surface area (Å²) >= 11 is 5.53. The van der Waals surface area contributed by atoms with Gasteiger partial charge >= 0.3 is 0 Å². The van der Waals surface area contributed by atoms with E-state index in [0.29, 0.717) is 12.3 Å². The molecule has 0 aromatic rings. The van der Waals surface area contributed by atoms with Gasteiger partial charge in [-0.2, -0.15) is 0 Å². The van der Waals surface area contributed by atoms with E-state index in [1.165, 1.54) is 0 Å². The molecule has 0 aromatic carbocycles. The van der Waals surface area contributed by atoms with Crippen LogP contribution in [0.1, 0.15) is 32.6 Å². The first-order chi connectivity index (χ1) is 7.15. The van der Waals surface area contributed by atoms with E-state index in [4.69, 9.17) is 11.6 Å². The van der Waals surface area contributed by atoms with Crippen molar-refractivity contribution in [2.24, 2.45) is 5.92 Å². The van der Waals surface area contributed by atoms with Gasteiger partial charge in [0, 0.05) is 31.3 Å². The van der Waals surface area contributed by atoms with Crippen LogP contribution in [0.15, 0.2) is 0 Å². The van der Waals surface area contributed by atoms with Crippen molar-refractivity contribution >= 4 is 23.3 Å². The second-order valence-electron chi connectivity index (χ2n) is 4.06. The normalized spacial score (nSPS) is 17.9. The summed E-state index contributed by atoms with van der Waals surface area (Å²) in [5.74, 6) is 1.14. The molecule has 0 bridgehead atoms. The highest BCUT2D eigenvalue weighted by Gasteiger charge is 2.24. The van der Waals surface area contributed by atoms with E-state index in [1.807, 2.05) is 4.90 Å². The molecule has 1 heterocycles. The molecule has 4 heteroatoms. The molecule has 15 heavy (non-hydrogen) atoms. The Labute approximate surface area is 95.8 Å². The van der Waals surface area contributed by atoms with Gasteiger partial charge < -0.3 is 4.90 Å². The molecule has 1 aliphatic heterocycles. The Morgan fingerprint density at radius 3 is 2.40 bits per heavy atom. The third kappa shape index (κ3) is 3.82. The first-order valence-electron chi connectivity index (χ1n) is 5.49. The predicted octanol–water partition coefficient (Wildman–Crippen LogP) is 1.83. The van der Waals surface area contributed by atoms with Crippen LogP contribution in [0, 0.1) is 5.92 Å². The summed E-state index contributed by atoms with van der Waals surface area (Å²) in [7, 11) is 0. The Balaban J connectivity index is 2.30. The average Bonchev–Trinajstić information content (AvgIpc) is 2.26. The number of likely N-dealkylation sites (tertiary alicyclic amines) is 1. The van der Waals surface area contributed by atoms with Crippen LogP contribution in [0.3, 0.4) is 0 Å². The van der Waals surface area contributed by atoms with E-state index >= 15 is 0 Å². The molecule has 86 valence electrons. The summed E-state index contributed by atoms with van der Waals surface area (Å²) in [6, 6.07) is 0. The Morgan fingerprint density at radius 2 is 1.93 bits per heavy atom. The van der Waals surface area contributed by atoms with Crippen molar-refractivity contribution < 1.29 is 9.59 Å². The number of amides is 1. The Morgan fingerprint density at radius 1 is 1.33 bits per heavy atom. The van der Waals surface area contributed by atoms with Crippen molar-refractivity contribution in [3.63, 3.8) is 0 Å². The van der Waals surface area contributed by atoms with E-state index in [0.717, 1.165) is 32.4 Å². The number of piperidine rings is 1. The van der Waals surface area contributed by atoms with Crippen LogP contribution in [-0.2, 0) is 9.59 Å². The quantitative estimate of drug-likeness (QED) is 0.693. The summed E-state index contributed by atoms with van der Waals surface area (Å²) in [4.78, 5) is 24.6. The zero-order valence-electron chi connectivity index (χ0n) is 9.17. The maximum atomic E-state index is 11.6. The number of Topliss-reactive ketones (excluding diaryl/α,β-unsaturated/α-hetero) is 1. The number of halogens is 1. The number of hydrogen-bond donors (Lipinski definition) is 0. The fourth-order valence-electron chi connectivity index (χ4n) is 1.91. The van der Waals surface area contributed by atoms with Crippen LogP contribution < -0.4 is 0 Å². The monoisotopic (exact) mass is 231 g/mol. The van der Waals surface area contributed by atoms with E-state index in [1.54, 1.807) is 6.92 Å². The molecule has 1 amide bonds. The number of rotatable bonds is 4. The molecule has 0 unspecified atom stereocenters. The van der Waals surface area contributed by atoms with Crippen molar-refractivity contribution in [1.29, 1.82) is 0 Å². The van der Waals surface area contributed by atoms with E-state index < -0.39 is 0 Å². The van der Waals surface area contributed by atoms with E-state index in [-0.39, 0.29) is 17.6 Å². The van der Waals surface area contributed by atoms with Gasteiger partial charge in [0.15, 0.2) is 0 Å². The highest BCUT2D eigenvalue weighted by atomic mass is 35.5. The molecular formula is C11H18ClNO2. The maximum absolute atomic E-state index is 11.6. The third-order valence-corrected chi connectivity index (χ3v) is 3.21. The number of ketones is 1. The lowest BCUT2D eigenvalue weighted by atomic mass is 9.93. The lowest BCUT2D eigenvalue weighted by molar-refractivity contribution is -0.134. The average molecular weight is 232 g/mol. The van der Waals surface area contributed by atoms with Gasteiger partial charge in [-0.25, -0.2) is 0 Å². The molecule has 0 radical (unpaired) electrons. The molecule has 0 N–H and O–H groups in total. The molecule has 1 fully saturated rings. The minimum Gasteiger partial charge on any atom is -0.343 e. The Kier molecular flexibility index (Phi) is 5.09. The molecule has 0 aliphatic carbocycles. The number of hydrogen-bond acceptors (Lipinski definition) is 2. The predicted molar refractivity (Wildman–Crippen MR) is 59.9 cm³/mol. The van der Waals surface area contributed by atoms with Crippen molar-refractivity contribution in [3.8, 4) is 0 Å². The van der Waals surface area contributed by atoms with E-state index in [2.05, 4.69) is 0 Å². The minimum atomic E-state index is 0.169. The van der Waals surface area contributed by atoms with Crippen molar-refractivity contribution in [1.82, 2.24) is 4.90 Å². The number of alkyl halides is 1. The van der Waals surface area contributed by atoms with Crippen LogP contribution in [-0.4, -0.2) is 35.6 Å². The molecule has 0 atom stereocenters. The molecule has 1 saturated heterocycles. The molecular weight excluding hydrogens is 214 g/mol. The summed E-state index contributed by atoms with van der Waals surface area (Å²) in [6.07, 6.45) is 2.92. The molecule has 0 aromatic heterocycles. The van der Waals surface area contributed by atoms with Crippen LogP contribution in [0.25, 0.3) is 0 Å². The number of nitrogens with zero attached hydrogens (tertiary/aromatic N) is 1. The van der Waals surface area contributed by atoms with Crippen LogP contribution >= 0.6 is 11.6 Å². The highest BCUT2D eigenvalue weighted by Crippen LogP contribution is 2.18. The molecule has 1 aliphatic rings. The van der Waals surface area contributed by atoms with E-state index in [9.17, 15) is 9.59 Å². The first kappa shape index (κ1) is 12.5. The van der Waals surface area contributed by atoms with Crippen LogP contribution in [0.2, 0.25) is 0 Å². The smallest absolute Gasteiger partial charge is 0.222 e. The fourth-order valence-corrected chi connectivity index (χ4v) is 2.05. The maximum Gasteiger partial charge on any atom is 0.222 e. The van der Waals surface area contributed by atoms with Gasteiger partial charge in [-0.05, 0) is 26.2 Å². The standard InChI is InChI=1S/C11H18ClNO2/c1-9(14)10-4-7-13(8-5-10)11(15)3-2-6-12/h10H,2-8H2,1H3. The van der Waals surface area contributed by atoms with Crippen molar-refractivity contribution in [2.45, 2.75) is 32.6 Å². The van der Waals surface area contributed by atoms with Gasteiger partial charge in [-0.15, -0.1) is 11.6 Å². The number of carbonyl (C=O) groups is 2. The fraction of sp³-hybridized carbons (Fsp3) is 0.818. The van der Waals surface area contributed by atoms with Crippen molar-refractivity contribution in [3.05, 3.63) is 0 Å². The lowest BCUT2D eigenvalue weighted by Crippen LogP contribution is -2.39. The summed E-state index contributed by atoms with van der Waals surface area (Å²) < 4.78 is 0. The third-order valence-electron chi connectivity index (χ3n) is 2.95. The van der Waals surface area contributed by atoms with Gasteiger partial charge in [0.05, 0.1) is 0 Å². The largest absolute Gasteiger partial charge is 0.343 e. The topological polar surface area (TPSA) is 37.4 Å². The van der Waals surface area contributed by atoms with Crippen LogP contribution in [0.4, 0.5) is 0 Å². The zero-order chi connectivity index (χ0) is 11.3. The Hall–Kier alpha value is -0.570. The second-order valence-corrected chi connectivity index (χ2v) is 4.44. The minimum absolute atomic E-state index is 0.169. The zero-order valence-corrected chi connectivity index (χ0v) is 9.92. The second kappa shape index (κ2) is 6.11. The van der Waals surface area contributed by atoms with Gasteiger partial charge in [0.2, 0.25) is 5.91 Å². The van der Waals surface area contributed by atoms with Gasteiger partial charge in [0.25, 0.3) is 0 Å². The number of carbonyl (C=O) groups excluding carboxylic acids is 2.